The summed E-state index contributed by atoms with van der Waals surface area (Å²) in [6.45, 7) is 4.20. The third-order valence-corrected chi connectivity index (χ3v) is 4.24. The lowest BCUT2D eigenvalue weighted by molar-refractivity contribution is 0.393. The van der Waals surface area contributed by atoms with E-state index in [0.717, 1.165) is 45.8 Å². The van der Waals surface area contributed by atoms with E-state index in [4.69, 9.17) is 14.5 Å². The van der Waals surface area contributed by atoms with Gasteiger partial charge in [-0.15, -0.1) is 0 Å². The lowest BCUT2D eigenvalue weighted by Crippen LogP contribution is -2.04. The predicted octanol–water partition coefficient (Wildman–Crippen LogP) is 4.50. The summed E-state index contributed by atoms with van der Waals surface area (Å²) >= 11 is 0. The fraction of sp³-hybridized carbons (Fsp3) is 0.300. The third-order valence-electron chi connectivity index (χ3n) is 4.24. The highest BCUT2D eigenvalue weighted by atomic mass is 16.5. The number of fused-ring (bicyclic) bond motifs is 1. The van der Waals surface area contributed by atoms with Gasteiger partial charge in [-0.1, -0.05) is 6.92 Å². The number of aromatic nitrogens is 2. The number of hydrogen-bond donors (Lipinski definition) is 0. The first-order chi connectivity index (χ1) is 11.6. The second-order valence-corrected chi connectivity index (χ2v) is 5.89. The Balaban J connectivity index is 2.08. The summed E-state index contributed by atoms with van der Waals surface area (Å²) in [5, 5.41) is 0. The average molecular weight is 322 g/mol. The molecule has 3 aromatic rings. The first-order valence-corrected chi connectivity index (χ1v) is 8.11. The van der Waals surface area contributed by atoms with E-state index in [1.807, 2.05) is 25.3 Å². The van der Waals surface area contributed by atoms with Crippen LogP contribution in [-0.4, -0.2) is 24.2 Å². The molecule has 0 spiro atoms. The SMILES string of the molecule is CCC(c1cc(OC)cc(OC)c1)c1ccc2ncc(C)cc2n1. The molecule has 0 aliphatic heterocycles. The highest BCUT2D eigenvalue weighted by Crippen LogP contribution is 2.33. The van der Waals surface area contributed by atoms with Crippen molar-refractivity contribution in [2.75, 3.05) is 14.2 Å². The highest BCUT2D eigenvalue weighted by molar-refractivity contribution is 5.74. The van der Waals surface area contributed by atoms with Crippen LogP contribution in [0.5, 0.6) is 11.5 Å². The summed E-state index contributed by atoms with van der Waals surface area (Å²) in [6.07, 6.45) is 2.81. The van der Waals surface area contributed by atoms with E-state index in [2.05, 4.69) is 36.2 Å². The standard InChI is InChI=1S/C20H22N2O2/c1-5-17(14-9-15(23-3)11-16(10-14)24-4)18-6-7-19-20(22-18)8-13(2)12-21-19/h6-12,17H,5H2,1-4H3. The molecule has 0 bridgehead atoms. The molecule has 0 fully saturated rings. The minimum Gasteiger partial charge on any atom is -0.497 e. The number of hydrogen-bond acceptors (Lipinski definition) is 4. The fourth-order valence-corrected chi connectivity index (χ4v) is 2.96. The molecule has 0 radical (unpaired) electrons. The minimum atomic E-state index is 0.180. The molecule has 2 aromatic heterocycles. The second kappa shape index (κ2) is 6.87. The molecule has 1 unspecified atom stereocenters. The fourth-order valence-electron chi connectivity index (χ4n) is 2.96. The van der Waals surface area contributed by atoms with Crippen LogP contribution in [0.2, 0.25) is 0 Å². The van der Waals surface area contributed by atoms with Gasteiger partial charge in [-0.05, 0) is 54.8 Å². The molecule has 0 aliphatic rings. The summed E-state index contributed by atoms with van der Waals surface area (Å²) < 4.78 is 10.8. The van der Waals surface area contributed by atoms with E-state index in [1.165, 1.54) is 0 Å². The molecule has 0 N–H and O–H groups in total. The predicted molar refractivity (Wildman–Crippen MR) is 96.0 cm³/mol. The third kappa shape index (κ3) is 3.18. The van der Waals surface area contributed by atoms with Crippen LogP contribution in [0.15, 0.2) is 42.6 Å². The van der Waals surface area contributed by atoms with Gasteiger partial charge < -0.3 is 9.47 Å². The summed E-state index contributed by atoms with van der Waals surface area (Å²) in [7, 11) is 3.34. The van der Waals surface area contributed by atoms with Gasteiger partial charge in [-0.25, -0.2) is 0 Å². The van der Waals surface area contributed by atoms with Crippen molar-refractivity contribution >= 4 is 11.0 Å². The summed E-state index contributed by atoms with van der Waals surface area (Å²) in [5.41, 5.74) is 5.14. The maximum Gasteiger partial charge on any atom is 0.122 e. The number of ether oxygens (including phenoxy) is 2. The number of rotatable bonds is 5. The zero-order valence-electron chi connectivity index (χ0n) is 14.5. The van der Waals surface area contributed by atoms with Crippen molar-refractivity contribution < 1.29 is 9.47 Å². The van der Waals surface area contributed by atoms with Gasteiger partial charge in [0.25, 0.3) is 0 Å². The van der Waals surface area contributed by atoms with Gasteiger partial charge in [0.05, 0.1) is 25.3 Å². The minimum absolute atomic E-state index is 0.180. The molecule has 24 heavy (non-hydrogen) atoms. The maximum atomic E-state index is 5.40. The van der Waals surface area contributed by atoms with E-state index >= 15 is 0 Å². The van der Waals surface area contributed by atoms with E-state index in [9.17, 15) is 0 Å². The van der Waals surface area contributed by atoms with Gasteiger partial charge in [0.1, 0.15) is 11.5 Å². The molecule has 3 rings (SSSR count). The average Bonchev–Trinajstić information content (AvgIpc) is 2.61. The smallest absolute Gasteiger partial charge is 0.122 e. The molecular formula is C20H22N2O2. The number of methoxy groups -OCH3 is 2. The molecule has 0 saturated heterocycles. The van der Waals surface area contributed by atoms with Crippen LogP contribution in [0.4, 0.5) is 0 Å². The van der Waals surface area contributed by atoms with Crippen LogP contribution < -0.4 is 9.47 Å². The Labute approximate surface area is 142 Å². The van der Waals surface area contributed by atoms with Crippen LogP contribution in [0.25, 0.3) is 11.0 Å². The molecule has 1 aromatic carbocycles. The number of pyridine rings is 2. The quantitative estimate of drug-likeness (QED) is 0.694. The van der Waals surface area contributed by atoms with E-state index < -0.39 is 0 Å². The van der Waals surface area contributed by atoms with E-state index in [0.29, 0.717) is 0 Å². The first kappa shape index (κ1) is 16.2. The topological polar surface area (TPSA) is 44.2 Å². The van der Waals surface area contributed by atoms with Gasteiger partial charge in [0.15, 0.2) is 0 Å². The van der Waals surface area contributed by atoms with Gasteiger partial charge in [-0.2, -0.15) is 0 Å². The number of nitrogens with zero attached hydrogens (tertiary/aromatic N) is 2. The van der Waals surface area contributed by atoms with Gasteiger partial charge in [0.2, 0.25) is 0 Å². The van der Waals surface area contributed by atoms with Crippen molar-refractivity contribution in [1.29, 1.82) is 0 Å². The monoisotopic (exact) mass is 322 g/mol. The Morgan fingerprint density at radius 2 is 1.67 bits per heavy atom. The lowest BCUT2D eigenvalue weighted by Gasteiger charge is -2.17. The Hall–Kier alpha value is -2.62. The summed E-state index contributed by atoms with van der Waals surface area (Å²) in [4.78, 5) is 9.28. The largest absolute Gasteiger partial charge is 0.497 e. The molecule has 0 aliphatic carbocycles. The molecule has 2 heterocycles. The second-order valence-electron chi connectivity index (χ2n) is 5.89. The number of aryl methyl sites for hydroxylation is 1. The zero-order valence-corrected chi connectivity index (χ0v) is 14.5. The Morgan fingerprint density at radius 1 is 0.958 bits per heavy atom. The Morgan fingerprint density at radius 3 is 2.29 bits per heavy atom. The number of benzene rings is 1. The van der Waals surface area contributed by atoms with Crippen molar-refractivity contribution in [3.05, 3.63) is 59.4 Å². The van der Waals surface area contributed by atoms with Crippen molar-refractivity contribution in [3.8, 4) is 11.5 Å². The van der Waals surface area contributed by atoms with Crippen molar-refractivity contribution in [2.24, 2.45) is 0 Å². The molecule has 0 amide bonds. The summed E-state index contributed by atoms with van der Waals surface area (Å²) in [6, 6.07) is 12.2. The van der Waals surface area contributed by atoms with Crippen LogP contribution in [0.3, 0.4) is 0 Å². The van der Waals surface area contributed by atoms with Crippen molar-refractivity contribution in [1.82, 2.24) is 9.97 Å². The van der Waals surface area contributed by atoms with E-state index in [1.54, 1.807) is 14.2 Å². The van der Waals surface area contributed by atoms with Gasteiger partial charge >= 0.3 is 0 Å². The van der Waals surface area contributed by atoms with Crippen molar-refractivity contribution in [3.63, 3.8) is 0 Å². The van der Waals surface area contributed by atoms with Crippen molar-refractivity contribution in [2.45, 2.75) is 26.2 Å². The van der Waals surface area contributed by atoms with Crippen LogP contribution >= 0.6 is 0 Å². The molecule has 0 saturated carbocycles. The zero-order chi connectivity index (χ0) is 17.1. The van der Waals surface area contributed by atoms with Crippen LogP contribution in [-0.2, 0) is 0 Å². The molecule has 124 valence electrons. The lowest BCUT2D eigenvalue weighted by atomic mass is 9.92. The van der Waals surface area contributed by atoms with Gasteiger partial charge in [-0.3, -0.25) is 9.97 Å². The molecule has 4 nitrogen and oxygen atoms in total. The molecule has 1 atom stereocenters. The summed E-state index contributed by atoms with van der Waals surface area (Å²) in [5.74, 6) is 1.76. The first-order valence-electron chi connectivity index (χ1n) is 8.11. The van der Waals surface area contributed by atoms with E-state index in [-0.39, 0.29) is 5.92 Å². The maximum absolute atomic E-state index is 5.40. The van der Waals surface area contributed by atoms with Crippen LogP contribution in [0, 0.1) is 6.92 Å². The highest BCUT2D eigenvalue weighted by Gasteiger charge is 2.16. The van der Waals surface area contributed by atoms with Crippen LogP contribution in [0.1, 0.15) is 36.1 Å². The Kier molecular flexibility index (Phi) is 4.65. The Bertz CT molecular complexity index is 839. The van der Waals surface area contributed by atoms with Gasteiger partial charge in [0, 0.05) is 23.9 Å². The molecular weight excluding hydrogens is 300 g/mol. The molecule has 4 heteroatoms. The normalized spacial score (nSPS) is 12.2.